The summed E-state index contributed by atoms with van der Waals surface area (Å²) in [6.07, 6.45) is -2.70. The van der Waals surface area contributed by atoms with Crippen LogP contribution in [0.2, 0.25) is 0 Å². The van der Waals surface area contributed by atoms with E-state index >= 15 is 0 Å². The predicted molar refractivity (Wildman–Crippen MR) is 149 cm³/mol. The molecule has 4 unspecified atom stereocenters. The van der Waals surface area contributed by atoms with Gasteiger partial charge in [-0.2, -0.15) is 4.90 Å². The molecule has 1 saturated heterocycles. The minimum absolute atomic E-state index is 0.140. The number of methoxy groups -OCH3 is 1. The molecule has 0 spiro atoms. The SMILES string of the molecule is COc1ccc(OC2C(C)OC(=O)C(N(C(=O)OC(C)(C)C)C(=O)OC(C)(C)C)CCCC2OCC(C)C)cc1. The second-order valence-corrected chi connectivity index (χ2v) is 12.4. The molecule has 0 N–H and O–H groups in total. The summed E-state index contributed by atoms with van der Waals surface area (Å²) < 4.78 is 34.7. The number of benzene rings is 1. The highest BCUT2D eigenvalue weighted by Crippen LogP contribution is 2.28. The lowest BCUT2D eigenvalue weighted by molar-refractivity contribution is -0.163. The number of rotatable bonds is 7. The van der Waals surface area contributed by atoms with Gasteiger partial charge in [-0.05, 0) is 97.9 Å². The van der Waals surface area contributed by atoms with Gasteiger partial charge in [0.05, 0.1) is 13.2 Å². The lowest BCUT2D eigenvalue weighted by Crippen LogP contribution is -2.53. The quantitative estimate of drug-likeness (QED) is 0.284. The molecule has 0 aliphatic carbocycles. The van der Waals surface area contributed by atoms with E-state index in [1.165, 1.54) is 0 Å². The van der Waals surface area contributed by atoms with E-state index in [1.807, 2.05) is 13.8 Å². The summed E-state index contributed by atoms with van der Waals surface area (Å²) in [7, 11) is 1.58. The Balaban J connectivity index is 2.41. The summed E-state index contributed by atoms with van der Waals surface area (Å²) in [6.45, 7) is 16.4. The summed E-state index contributed by atoms with van der Waals surface area (Å²) in [5.74, 6) is 0.764. The van der Waals surface area contributed by atoms with Crippen LogP contribution in [-0.4, -0.2) is 72.3 Å². The molecule has 0 saturated carbocycles. The molecule has 1 fully saturated rings. The maximum absolute atomic E-state index is 13.6. The Hall–Kier alpha value is -3.01. The van der Waals surface area contributed by atoms with Crippen LogP contribution < -0.4 is 9.47 Å². The molecule has 0 aromatic heterocycles. The number of nitrogens with zero attached hydrogens (tertiary/aromatic N) is 1. The molecule has 1 aromatic carbocycles. The predicted octanol–water partition coefficient (Wildman–Crippen LogP) is 6.14. The van der Waals surface area contributed by atoms with Gasteiger partial charge in [0.25, 0.3) is 0 Å². The third-order valence-electron chi connectivity index (χ3n) is 5.84. The van der Waals surface area contributed by atoms with Crippen LogP contribution in [0, 0.1) is 5.92 Å². The molecule has 0 bridgehead atoms. The number of carbonyl (C=O) groups is 3. The van der Waals surface area contributed by atoms with Crippen LogP contribution >= 0.6 is 0 Å². The maximum Gasteiger partial charge on any atom is 0.420 e. The van der Waals surface area contributed by atoms with Crippen molar-refractivity contribution < 1.29 is 42.8 Å². The zero-order valence-electron chi connectivity index (χ0n) is 25.6. The van der Waals surface area contributed by atoms with Crippen molar-refractivity contribution in [1.29, 1.82) is 0 Å². The van der Waals surface area contributed by atoms with Crippen LogP contribution in [0.5, 0.6) is 11.5 Å². The van der Waals surface area contributed by atoms with Gasteiger partial charge in [0, 0.05) is 6.61 Å². The normalized spacial score (nSPS) is 22.3. The van der Waals surface area contributed by atoms with E-state index in [1.54, 1.807) is 79.8 Å². The first kappa shape index (κ1) is 33.2. The minimum atomic E-state index is -1.25. The van der Waals surface area contributed by atoms with Gasteiger partial charge in [-0.3, -0.25) is 0 Å². The molecule has 1 aliphatic heterocycles. The van der Waals surface area contributed by atoms with Gasteiger partial charge in [-0.15, -0.1) is 0 Å². The Morgan fingerprint density at radius 3 is 1.95 bits per heavy atom. The first-order valence-electron chi connectivity index (χ1n) is 13.9. The number of esters is 1. The number of cyclic esters (lactones) is 1. The minimum Gasteiger partial charge on any atom is -0.497 e. The van der Waals surface area contributed by atoms with Crippen LogP contribution in [0.15, 0.2) is 24.3 Å². The Morgan fingerprint density at radius 1 is 0.950 bits per heavy atom. The summed E-state index contributed by atoms with van der Waals surface area (Å²) in [5, 5.41) is 0. The van der Waals surface area contributed by atoms with Gasteiger partial charge in [0.2, 0.25) is 0 Å². The van der Waals surface area contributed by atoms with Gasteiger partial charge < -0.3 is 28.4 Å². The number of carbonyl (C=O) groups excluding carboxylic acids is 3. The molecular weight excluding hydrogens is 518 g/mol. The van der Waals surface area contributed by atoms with Crippen LogP contribution in [0.25, 0.3) is 0 Å². The fraction of sp³-hybridized carbons (Fsp3) is 0.700. The smallest absolute Gasteiger partial charge is 0.420 e. The second kappa shape index (κ2) is 14.1. The molecule has 2 rings (SSSR count). The second-order valence-electron chi connectivity index (χ2n) is 12.4. The summed E-state index contributed by atoms with van der Waals surface area (Å²) in [6, 6.07) is 5.85. The summed E-state index contributed by atoms with van der Waals surface area (Å²) >= 11 is 0. The molecule has 1 heterocycles. The number of ether oxygens (including phenoxy) is 6. The first-order valence-corrected chi connectivity index (χ1v) is 13.9. The third kappa shape index (κ3) is 10.5. The fourth-order valence-electron chi connectivity index (χ4n) is 4.09. The van der Waals surface area contributed by atoms with Gasteiger partial charge in [-0.25, -0.2) is 14.4 Å². The molecule has 40 heavy (non-hydrogen) atoms. The van der Waals surface area contributed by atoms with E-state index in [9.17, 15) is 14.4 Å². The molecule has 1 aliphatic rings. The highest BCUT2D eigenvalue weighted by Gasteiger charge is 2.44. The van der Waals surface area contributed by atoms with Crippen LogP contribution in [0.4, 0.5) is 9.59 Å². The van der Waals surface area contributed by atoms with E-state index in [2.05, 4.69) is 0 Å². The Morgan fingerprint density at radius 2 is 1.48 bits per heavy atom. The largest absolute Gasteiger partial charge is 0.497 e. The van der Waals surface area contributed by atoms with Crippen LogP contribution in [0.3, 0.4) is 0 Å². The molecule has 10 nitrogen and oxygen atoms in total. The molecular formula is C30H47NO9. The van der Waals surface area contributed by atoms with Crippen molar-refractivity contribution in [2.75, 3.05) is 13.7 Å². The van der Waals surface area contributed by atoms with Crippen molar-refractivity contribution in [3.05, 3.63) is 24.3 Å². The van der Waals surface area contributed by atoms with Crippen molar-refractivity contribution in [2.45, 2.75) is 117 Å². The van der Waals surface area contributed by atoms with Crippen molar-refractivity contribution in [3.63, 3.8) is 0 Å². The van der Waals surface area contributed by atoms with Crippen molar-refractivity contribution in [3.8, 4) is 11.5 Å². The van der Waals surface area contributed by atoms with E-state index in [-0.39, 0.29) is 12.3 Å². The van der Waals surface area contributed by atoms with E-state index in [0.717, 1.165) is 4.90 Å². The third-order valence-corrected chi connectivity index (χ3v) is 5.84. The molecule has 226 valence electrons. The highest BCUT2D eigenvalue weighted by atomic mass is 16.6. The summed E-state index contributed by atoms with van der Waals surface area (Å²) in [5.41, 5.74) is -1.81. The Bertz CT molecular complexity index is 950. The number of imide groups is 1. The Labute approximate surface area is 238 Å². The van der Waals surface area contributed by atoms with Gasteiger partial charge >= 0.3 is 18.2 Å². The standard InChI is InChI=1S/C30H47NO9/c1-19(2)18-36-24-13-11-12-23(31(27(33)39-29(4,5)6)28(34)40-30(7,8)9)26(32)37-20(3)25(24)38-22-16-14-21(35-10)15-17-22/h14-17,19-20,23-25H,11-13,18H2,1-10H3. The number of hydrogen-bond acceptors (Lipinski definition) is 9. The van der Waals surface area contributed by atoms with Gasteiger partial charge in [0.1, 0.15) is 34.8 Å². The Kier molecular flexibility index (Phi) is 11.7. The van der Waals surface area contributed by atoms with E-state index in [0.29, 0.717) is 30.9 Å². The average molecular weight is 566 g/mol. The first-order chi connectivity index (χ1) is 18.5. The van der Waals surface area contributed by atoms with Gasteiger partial charge in [-0.1, -0.05) is 13.8 Å². The highest BCUT2D eigenvalue weighted by molar-refractivity contribution is 5.94. The average Bonchev–Trinajstić information content (AvgIpc) is 2.86. The van der Waals surface area contributed by atoms with Crippen LogP contribution in [-0.2, 0) is 23.7 Å². The molecule has 10 heteroatoms. The molecule has 0 radical (unpaired) electrons. The fourth-order valence-corrected chi connectivity index (χ4v) is 4.09. The lowest BCUT2D eigenvalue weighted by atomic mass is 10.0. The zero-order valence-corrected chi connectivity index (χ0v) is 25.6. The number of amides is 2. The van der Waals surface area contributed by atoms with Crippen molar-refractivity contribution >= 4 is 18.2 Å². The van der Waals surface area contributed by atoms with E-state index < -0.39 is 53.7 Å². The number of hydrogen-bond donors (Lipinski definition) is 0. The monoisotopic (exact) mass is 565 g/mol. The van der Waals surface area contributed by atoms with Crippen molar-refractivity contribution in [1.82, 2.24) is 4.90 Å². The molecule has 2 amide bonds. The molecule has 1 aromatic rings. The topological polar surface area (TPSA) is 110 Å². The summed E-state index contributed by atoms with van der Waals surface area (Å²) in [4.78, 5) is 40.8. The molecule has 4 atom stereocenters. The van der Waals surface area contributed by atoms with E-state index in [4.69, 9.17) is 28.4 Å². The maximum atomic E-state index is 13.6. The van der Waals surface area contributed by atoms with Crippen molar-refractivity contribution in [2.24, 2.45) is 5.92 Å². The van der Waals surface area contributed by atoms with Crippen LogP contribution in [0.1, 0.15) is 81.6 Å². The van der Waals surface area contributed by atoms with Gasteiger partial charge in [0.15, 0.2) is 6.10 Å². The zero-order chi connectivity index (χ0) is 30.3. The lowest BCUT2D eigenvalue weighted by Gasteiger charge is -2.33.